The van der Waals surface area contributed by atoms with E-state index < -0.39 is 5.97 Å². The molecule has 1 aromatic carbocycles. The van der Waals surface area contributed by atoms with Gasteiger partial charge in [0.15, 0.2) is 0 Å². The van der Waals surface area contributed by atoms with Gasteiger partial charge >= 0.3 is 5.97 Å². The highest BCUT2D eigenvalue weighted by Crippen LogP contribution is 2.20. The zero-order chi connectivity index (χ0) is 13.7. The summed E-state index contributed by atoms with van der Waals surface area (Å²) < 4.78 is 0. The van der Waals surface area contributed by atoms with Gasteiger partial charge in [0.2, 0.25) is 0 Å². The van der Waals surface area contributed by atoms with Crippen molar-refractivity contribution < 1.29 is 9.90 Å². The number of carboxylic acids is 1. The lowest BCUT2D eigenvalue weighted by Crippen LogP contribution is -2.06. The van der Waals surface area contributed by atoms with Gasteiger partial charge in [-0.1, -0.05) is 17.7 Å². The van der Waals surface area contributed by atoms with E-state index in [0.29, 0.717) is 6.54 Å². The molecule has 0 aliphatic carbocycles. The predicted octanol–water partition coefficient (Wildman–Crippen LogP) is 3.09. The number of halogens is 1. The van der Waals surface area contributed by atoms with Crippen molar-refractivity contribution in [3.8, 4) is 0 Å². The highest BCUT2D eigenvalue weighted by atomic mass is 35.5. The number of aromatic nitrogens is 1. The molecule has 0 radical (unpaired) electrons. The molecule has 98 valence electrons. The Morgan fingerprint density at radius 3 is 2.79 bits per heavy atom. The van der Waals surface area contributed by atoms with Gasteiger partial charge in [-0.05, 0) is 30.3 Å². The normalized spacial score (nSPS) is 10.2. The van der Waals surface area contributed by atoms with Crippen molar-refractivity contribution in [1.29, 1.82) is 0 Å². The summed E-state index contributed by atoms with van der Waals surface area (Å²) in [6.07, 6.45) is 2.55. The van der Waals surface area contributed by atoms with Gasteiger partial charge in [0.05, 0.1) is 10.6 Å². The molecule has 0 atom stereocenters. The van der Waals surface area contributed by atoms with E-state index in [0.717, 1.165) is 17.8 Å². The summed E-state index contributed by atoms with van der Waals surface area (Å²) in [5, 5.41) is 12.3. The highest BCUT2D eigenvalue weighted by molar-refractivity contribution is 6.33. The number of aromatic carboxylic acids is 1. The van der Waals surface area contributed by atoms with Gasteiger partial charge in [-0.25, -0.2) is 4.79 Å². The molecule has 19 heavy (non-hydrogen) atoms. The van der Waals surface area contributed by atoms with Crippen LogP contribution in [-0.2, 0) is 6.42 Å². The molecular formula is C14H13ClN2O2. The Morgan fingerprint density at radius 2 is 2.16 bits per heavy atom. The van der Waals surface area contributed by atoms with E-state index in [9.17, 15) is 4.79 Å². The van der Waals surface area contributed by atoms with Crippen LogP contribution in [0.1, 0.15) is 16.1 Å². The Kier molecular flexibility index (Phi) is 4.36. The molecule has 0 aliphatic heterocycles. The molecule has 1 heterocycles. The molecule has 0 amide bonds. The van der Waals surface area contributed by atoms with Crippen molar-refractivity contribution in [2.24, 2.45) is 0 Å². The first kappa shape index (κ1) is 13.4. The average molecular weight is 277 g/mol. The summed E-state index contributed by atoms with van der Waals surface area (Å²) in [6.45, 7) is 0.708. The molecule has 2 aromatic rings. The van der Waals surface area contributed by atoms with Gasteiger partial charge in [0.25, 0.3) is 0 Å². The monoisotopic (exact) mass is 276 g/mol. The van der Waals surface area contributed by atoms with Crippen LogP contribution < -0.4 is 5.32 Å². The van der Waals surface area contributed by atoms with Gasteiger partial charge in [-0.15, -0.1) is 0 Å². The lowest BCUT2D eigenvalue weighted by Gasteiger charge is -2.07. The fourth-order valence-corrected chi connectivity index (χ4v) is 1.94. The molecular weight excluding hydrogens is 264 g/mol. The lowest BCUT2D eigenvalue weighted by atomic mass is 10.2. The number of nitrogens with zero attached hydrogens (tertiary/aromatic N) is 1. The van der Waals surface area contributed by atoms with Gasteiger partial charge in [0, 0.05) is 30.5 Å². The third-order valence-corrected chi connectivity index (χ3v) is 2.95. The molecule has 0 fully saturated rings. The van der Waals surface area contributed by atoms with Crippen molar-refractivity contribution in [1.82, 2.24) is 4.98 Å². The van der Waals surface area contributed by atoms with Crippen LogP contribution in [0.5, 0.6) is 0 Å². The van der Waals surface area contributed by atoms with Crippen molar-refractivity contribution >= 4 is 23.3 Å². The number of carbonyl (C=O) groups is 1. The number of benzene rings is 1. The number of pyridine rings is 1. The Labute approximate surface area is 116 Å². The number of rotatable bonds is 5. The van der Waals surface area contributed by atoms with Gasteiger partial charge < -0.3 is 10.4 Å². The third-order valence-electron chi connectivity index (χ3n) is 2.64. The van der Waals surface area contributed by atoms with Gasteiger partial charge in [-0.2, -0.15) is 0 Å². The maximum absolute atomic E-state index is 10.8. The number of hydrogen-bond donors (Lipinski definition) is 2. The molecule has 0 saturated carbocycles. The molecule has 0 saturated heterocycles. The summed E-state index contributed by atoms with van der Waals surface area (Å²) in [6, 6.07) is 10.6. The van der Waals surface area contributed by atoms with Crippen LogP contribution >= 0.6 is 11.6 Å². The number of hydrogen-bond acceptors (Lipinski definition) is 3. The largest absolute Gasteiger partial charge is 0.478 e. The third kappa shape index (κ3) is 3.69. The standard InChI is InChI=1S/C14H13ClN2O2/c15-13-9-11(4-5-12(13)14(18)19)17-8-6-10-3-1-2-7-16-10/h1-5,7,9,17H,6,8H2,(H,18,19). The second kappa shape index (κ2) is 6.20. The summed E-state index contributed by atoms with van der Waals surface area (Å²) in [5.74, 6) is -1.02. The fourth-order valence-electron chi connectivity index (χ4n) is 1.68. The Morgan fingerprint density at radius 1 is 1.32 bits per heavy atom. The molecule has 0 aliphatic rings. The maximum atomic E-state index is 10.8. The van der Waals surface area contributed by atoms with E-state index in [-0.39, 0.29) is 10.6 Å². The maximum Gasteiger partial charge on any atom is 0.337 e. The Balaban J connectivity index is 1.93. The van der Waals surface area contributed by atoms with Crippen LogP contribution in [0.4, 0.5) is 5.69 Å². The first-order chi connectivity index (χ1) is 9.16. The molecule has 0 unspecified atom stereocenters. The fraction of sp³-hybridized carbons (Fsp3) is 0.143. The summed E-state index contributed by atoms with van der Waals surface area (Å²) in [5.41, 5.74) is 1.91. The Hall–Kier alpha value is -2.07. The predicted molar refractivity (Wildman–Crippen MR) is 74.8 cm³/mol. The van der Waals surface area contributed by atoms with E-state index in [2.05, 4.69) is 10.3 Å². The van der Waals surface area contributed by atoms with E-state index in [1.165, 1.54) is 6.07 Å². The minimum Gasteiger partial charge on any atom is -0.478 e. The summed E-state index contributed by atoms with van der Waals surface area (Å²) >= 11 is 5.89. The topological polar surface area (TPSA) is 62.2 Å². The van der Waals surface area contributed by atoms with E-state index in [1.807, 2.05) is 18.2 Å². The van der Waals surface area contributed by atoms with E-state index in [1.54, 1.807) is 18.3 Å². The number of carboxylic acid groups (broad SMARTS) is 1. The minimum atomic E-state index is -1.02. The van der Waals surface area contributed by atoms with E-state index in [4.69, 9.17) is 16.7 Å². The molecule has 4 nitrogen and oxygen atoms in total. The molecule has 2 N–H and O–H groups in total. The quantitative estimate of drug-likeness (QED) is 0.881. The molecule has 0 bridgehead atoms. The van der Waals surface area contributed by atoms with Crippen molar-refractivity contribution in [3.63, 3.8) is 0 Å². The zero-order valence-electron chi connectivity index (χ0n) is 10.1. The Bertz CT molecular complexity index is 573. The first-order valence-electron chi connectivity index (χ1n) is 5.83. The average Bonchev–Trinajstić information content (AvgIpc) is 2.39. The van der Waals surface area contributed by atoms with Crippen LogP contribution in [0, 0.1) is 0 Å². The summed E-state index contributed by atoms with van der Waals surface area (Å²) in [4.78, 5) is 15.0. The summed E-state index contributed by atoms with van der Waals surface area (Å²) in [7, 11) is 0. The van der Waals surface area contributed by atoms with Crippen LogP contribution in [0.2, 0.25) is 5.02 Å². The first-order valence-corrected chi connectivity index (χ1v) is 6.21. The highest BCUT2D eigenvalue weighted by Gasteiger charge is 2.08. The van der Waals surface area contributed by atoms with Gasteiger partial charge in [-0.3, -0.25) is 4.98 Å². The zero-order valence-corrected chi connectivity index (χ0v) is 10.9. The molecule has 5 heteroatoms. The van der Waals surface area contributed by atoms with Crippen molar-refractivity contribution in [2.75, 3.05) is 11.9 Å². The molecule has 0 spiro atoms. The second-order valence-electron chi connectivity index (χ2n) is 4.00. The van der Waals surface area contributed by atoms with Crippen LogP contribution in [0.3, 0.4) is 0 Å². The minimum absolute atomic E-state index is 0.108. The van der Waals surface area contributed by atoms with Crippen LogP contribution in [-0.4, -0.2) is 22.6 Å². The molecule has 2 rings (SSSR count). The number of nitrogens with one attached hydrogen (secondary N) is 1. The molecule has 1 aromatic heterocycles. The SMILES string of the molecule is O=C(O)c1ccc(NCCc2ccccn2)cc1Cl. The smallest absolute Gasteiger partial charge is 0.337 e. The van der Waals surface area contributed by atoms with Crippen LogP contribution in [0.15, 0.2) is 42.6 Å². The lowest BCUT2D eigenvalue weighted by molar-refractivity contribution is 0.0697. The van der Waals surface area contributed by atoms with Crippen molar-refractivity contribution in [2.45, 2.75) is 6.42 Å². The van der Waals surface area contributed by atoms with E-state index >= 15 is 0 Å². The number of anilines is 1. The van der Waals surface area contributed by atoms with Gasteiger partial charge in [0.1, 0.15) is 0 Å². The van der Waals surface area contributed by atoms with Crippen molar-refractivity contribution in [3.05, 3.63) is 58.9 Å². The van der Waals surface area contributed by atoms with Crippen LogP contribution in [0.25, 0.3) is 0 Å². The second-order valence-corrected chi connectivity index (χ2v) is 4.40.